The Morgan fingerprint density at radius 1 is 1.23 bits per heavy atom. The first-order valence-electron chi connectivity index (χ1n) is 7.65. The Balaban J connectivity index is 1.78. The third-order valence-corrected chi connectivity index (χ3v) is 5.01. The maximum Gasteiger partial charge on any atom is 0.273 e. The third kappa shape index (κ3) is 3.73. The van der Waals surface area contributed by atoms with Gasteiger partial charge >= 0.3 is 0 Å². The van der Waals surface area contributed by atoms with Gasteiger partial charge in [0.15, 0.2) is 10.2 Å². The van der Waals surface area contributed by atoms with E-state index in [4.69, 9.17) is 17.0 Å². The number of nitrogens with zero attached hydrogens (tertiary/aromatic N) is 2. The summed E-state index contributed by atoms with van der Waals surface area (Å²) in [4.78, 5) is 14.9. The Bertz CT molecular complexity index is 978. The number of fused-ring (bicyclic) bond motifs is 1. The number of methoxy groups -OCH3 is 1. The van der Waals surface area contributed by atoms with E-state index in [9.17, 15) is 10.1 Å². The maximum atomic E-state index is 10.9. The highest BCUT2D eigenvalue weighted by Crippen LogP contribution is 2.30. The second-order valence-corrected chi connectivity index (χ2v) is 7.08. The number of thiazole rings is 1. The van der Waals surface area contributed by atoms with Crippen LogP contribution in [0.15, 0.2) is 30.3 Å². The number of aryl methyl sites for hydroxylation is 2. The molecule has 0 fully saturated rings. The number of hydrogen-bond acceptors (Lipinski definition) is 6. The molecule has 1 heterocycles. The number of anilines is 2. The molecule has 7 nitrogen and oxygen atoms in total. The van der Waals surface area contributed by atoms with E-state index in [-0.39, 0.29) is 5.69 Å². The molecule has 9 heteroatoms. The van der Waals surface area contributed by atoms with Crippen LogP contribution in [0.2, 0.25) is 0 Å². The van der Waals surface area contributed by atoms with Gasteiger partial charge in [-0.3, -0.25) is 10.1 Å². The molecule has 0 radical (unpaired) electrons. The molecule has 0 saturated carbocycles. The highest BCUT2D eigenvalue weighted by atomic mass is 32.1. The van der Waals surface area contributed by atoms with Crippen molar-refractivity contribution in [2.45, 2.75) is 13.8 Å². The number of aromatic nitrogens is 1. The van der Waals surface area contributed by atoms with Gasteiger partial charge in [-0.25, -0.2) is 4.98 Å². The Kier molecular flexibility index (Phi) is 5.01. The summed E-state index contributed by atoms with van der Waals surface area (Å²) in [6.45, 7) is 4.11. The summed E-state index contributed by atoms with van der Waals surface area (Å²) >= 11 is 6.83. The fourth-order valence-corrected chi connectivity index (χ4v) is 3.60. The van der Waals surface area contributed by atoms with Crippen LogP contribution in [-0.2, 0) is 0 Å². The summed E-state index contributed by atoms with van der Waals surface area (Å²) in [6, 6.07) is 8.42. The molecule has 3 rings (SSSR count). The van der Waals surface area contributed by atoms with Gasteiger partial charge in [0.2, 0.25) is 0 Å². The molecule has 134 valence electrons. The molecule has 0 spiro atoms. The van der Waals surface area contributed by atoms with Crippen LogP contribution in [0.5, 0.6) is 5.75 Å². The smallest absolute Gasteiger partial charge is 0.273 e. The molecule has 26 heavy (non-hydrogen) atoms. The largest absolute Gasteiger partial charge is 0.494 e. The lowest BCUT2D eigenvalue weighted by molar-refractivity contribution is -0.384. The number of nitro groups is 1. The lowest BCUT2D eigenvalue weighted by atomic mass is 10.1. The van der Waals surface area contributed by atoms with Crippen LogP contribution in [-0.4, -0.2) is 22.1 Å². The van der Waals surface area contributed by atoms with Crippen molar-refractivity contribution >= 4 is 55.4 Å². The third-order valence-electron chi connectivity index (χ3n) is 3.87. The summed E-state index contributed by atoms with van der Waals surface area (Å²) in [7, 11) is 1.44. The second kappa shape index (κ2) is 7.22. The molecule has 3 aromatic rings. The molecule has 0 bridgehead atoms. The van der Waals surface area contributed by atoms with E-state index in [2.05, 4.69) is 28.6 Å². The average molecular weight is 388 g/mol. The van der Waals surface area contributed by atoms with Gasteiger partial charge in [-0.2, -0.15) is 0 Å². The van der Waals surface area contributed by atoms with Crippen molar-refractivity contribution in [3.63, 3.8) is 0 Å². The lowest BCUT2D eigenvalue weighted by Crippen LogP contribution is -2.19. The van der Waals surface area contributed by atoms with Crippen molar-refractivity contribution in [1.29, 1.82) is 0 Å². The normalized spacial score (nSPS) is 10.6. The van der Waals surface area contributed by atoms with Crippen molar-refractivity contribution in [3.8, 4) is 5.75 Å². The van der Waals surface area contributed by atoms with Gasteiger partial charge in [0.05, 0.1) is 34.0 Å². The van der Waals surface area contributed by atoms with Crippen LogP contribution < -0.4 is 15.4 Å². The van der Waals surface area contributed by atoms with E-state index in [1.54, 1.807) is 6.07 Å². The van der Waals surface area contributed by atoms with Crippen LogP contribution >= 0.6 is 23.6 Å². The second-order valence-electron chi connectivity index (χ2n) is 5.64. The number of nitrogens with one attached hydrogen (secondary N) is 2. The Labute approximate surface area is 159 Å². The van der Waals surface area contributed by atoms with Crippen molar-refractivity contribution in [2.75, 3.05) is 17.7 Å². The van der Waals surface area contributed by atoms with Crippen molar-refractivity contribution in [2.24, 2.45) is 0 Å². The summed E-state index contributed by atoms with van der Waals surface area (Å²) in [5.74, 6) is 0.332. The zero-order chi connectivity index (χ0) is 18.8. The first kappa shape index (κ1) is 18.0. The van der Waals surface area contributed by atoms with E-state index in [1.165, 1.54) is 41.7 Å². The fourth-order valence-electron chi connectivity index (χ4n) is 2.38. The van der Waals surface area contributed by atoms with E-state index < -0.39 is 4.92 Å². The quantitative estimate of drug-likeness (QED) is 0.382. The zero-order valence-electron chi connectivity index (χ0n) is 14.3. The molecule has 0 saturated heterocycles. The fraction of sp³-hybridized carbons (Fsp3) is 0.176. The standard InChI is InChI=1S/C17H16N4O3S2/c1-9-6-13-15(7-10(9)2)26-17(19-13)20-16(25)18-12-5-4-11(21(22)23)8-14(12)24-3/h4-8H,1-3H3,(H2,18,19,20,25). The molecule has 2 N–H and O–H groups in total. The minimum absolute atomic E-state index is 0.0526. The van der Waals surface area contributed by atoms with E-state index in [0.717, 1.165) is 10.2 Å². The Morgan fingerprint density at radius 3 is 2.65 bits per heavy atom. The monoisotopic (exact) mass is 388 g/mol. The predicted octanol–water partition coefficient (Wildman–Crippen LogP) is 4.64. The van der Waals surface area contributed by atoms with Gasteiger partial charge in [-0.1, -0.05) is 11.3 Å². The first-order chi connectivity index (χ1) is 12.4. The van der Waals surface area contributed by atoms with Crippen LogP contribution in [0.25, 0.3) is 10.2 Å². The zero-order valence-corrected chi connectivity index (χ0v) is 16.0. The maximum absolute atomic E-state index is 10.9. The van der Waals surface area contributed by atoms with Crippen LogP contribution in [0.3, 0.4) is 0 Å². The Morgan fingerprint density at radius 2 is 1.96 bits per heavy atom. The van der Waals surface area contributed by atoms with Gasteiger partial charge in [0.25, 0.3) is 5.69 Å². The number of benzene rings is 2. The summed E-state index contributed by atoms with van der Waals surface area (Å²) < 4.78 is 6.27. The topological polar surface area (TPSA) is 89.3 Å². The average Bonchev–Trinajstić information content (AvgIpc) is 2.96. The molecule has 0 atom stereocenters. The van der Waals surface area contributed by atoms with E-state index >= 15 is 0 Å². The molecular formula is C17H16N4O3S2. The minimum Gasteiger partial charge on any atom is -0.494 e. The number of thiocarbonyl (C=S) groups is 1. The predicted molar refractivity (Wildman–Crippen MR) is 109 cm³/mol. The summed E-state index contributed by atoms with van der Waals surface area (Å²) in [6.07, 6.45) is 0. The number of nitro benzene ring substituents is 1. The molecule has 0 aliphatic heterocycles. The Hall–Kier alpha value is -2.78. The number of ether oxygens (including phenoxy) is 1. The number of rotatable bonds is 4. The molecule has 2 aromatic carbocycles. The van der Waals surface area contributed by atoms with Gasteiger partial charge < -0.3 is 15.4 Å². The van der Waals surface area contributed by atoms with Gasteiger partial charge in [0, 0.05) is 6.07 Å². The van der Waals surface area contributed by atoms with Crippen LogP contribution in [0, 0.1) is 24.0 Å². The van der Waals surface area contributed by atoms with E-state index in [0.29, 0.717) is 21.7 Å². The van der Waals surface area contributed by atoms with Crippen LogP contribution in [0.4, 0.5) is 16.5 Å². The number of non-ortho nitro benzene ring substituents is 1. The van der Waals surface area contributed by atoms with Gasteiger partial charge in [-0.15, -0.1) is 0 Å². The molecule has 0 aliphatic carbocycles. The number of hydrogen-bond donors (Lipinski definition) is 2. The van der Waals surface area contributed by atoms with Crippen molar-refractivity contribution in [3.05, 3.63) is 51.6 Å². The van der Waals surface area contributed by atoms with Crippen molar-refractivity contribution in [1.82, 2.24) is 4.98 Å². The van der Waals surface area contributed by atoms with Gasteiger partial charge in [-0.05, 0) is 55.4 Å². The lowest BCUT2D eigenvalue weighted by Gasteiger charge is -2.11. The van der Waals surface area contributed by atoms with Crippen LogP contribution in [0.1, 0.15) is 11.1 Å². The summed E-state index contributed by atoms with van der Waals surface area (Å²) in [5.41, 5.74) is 3.79. The minimum atomic E-state index is -0.478. The SMILES string of the molecule is COc1cc([N+](=O)[O-])ccc1NC(=S)Nc1nc2cc(C)c(C)cc2s1. The summed E-state index contributed by atoms with van der Waals surface area (Å²) in [5, 5.41) is 17.9. The molecule has 0 amide bonds. The van der Waals surface area contributed by atoms with E-state index in [1.807, 2.05) is 13.0 Å². The molecular weight excluding hydrogens is 372 g/mol. The first-order valence-corrected chi connectivity index (χ1v) is 8.88. The highest BCUT2D eigenvalue weighted by molar-refractivity contribution is 7.80. The van der Waals surface area contributed by atoms with Crippen molar-refractivity contribution < 1.29 is 9.66 Å². The van der Waals surface area contributed by atoms with Gasteiger partial charge in [0.1, 0.15) is 5.75 Å². The molecule has 1 aromatic heterocycles. The highest BCUT2D eigenvalue weighted by Gasteiger charge is 2.13. The molecule has 0 aliphatic rings. The molecule has 0 unspecified atom stereocenters.